The van der Waals surface area contributed by atoms with E-state index in [0.29, 0.717) is 17.7 Å². The van der Waals surface area contributed by atoms with Crippen molar-refractivity contribution in [3.05, 3.63) is 54.0 Å². The molecule has 0 aliphatic carbocycles. The highest BCUT2D eigenvalue weighted by Gasteiger charge is 2.04. The molecule has 0 radical (unpaired) electrons. The number of rotatable bonds is 3. The summed E-state index contributed by atoms with van der Waals surface area (Å²) in [6, 6.07) is 10.2. The molecule has 86 valence electrons. The van der Waals surface area contributed by atoms with Gasteiger partial charge in [0.1, 0.15) is 5.82 Å². The summed E-state index contributed by atoms with van der Waals surface area (Å²) >= 11 is 0. The monoisotopic (exact) mass is 229 g/mol. The molecule has 0 spiro atoms. The molecular formula is C14H12FNO. The first-order valence-electron chi connectivity index (χ1n) is 5.46. The van der Waals surface area contributed by atoms with Gasteiger partial charge in [-0.2, -0.15) is 0 Å². The Morgan fingerprint density at radius 1 is 1.18 bits per heavy atom. The zero-order chi connectivity index (χ0) is 12.3. The van der Waals surface area contributed by atoms with Crippen LogP contribution in [0.15, 0.2) is 42.6 Å². The topological polar surface area (TPSA) is 30.0 Å². The average Bonchev–Trinajstić information content (AvgIpc) is 2.39. The van der Waals surface area contributed by atoms with E-state index < -0.39 is 0 Å². The molecule has 2 aromatic rings. The molecule has 3 heteroatoms. The summed E-state index contributed by atoms with van der Waals surface area (Å²) in [4.78, 5) is 15.4. The number of hydrogen-bond donors (Lipinski definition) is 0. The highest BCUT2D eigenvalue weighted by atomic mass is 19.1. The molecule has 0 aliphatic heterocycles. The Morgan fingerprint density at radius 2 is 1.88 bits per heavy atom. The third-order valence-corrected chi connectivity index (χ3v) is 2.55. The Kier molecular flexibility index (Phi) is 3.28. The molecule has 0 saturated carbocycles. The van der Waals surface area contributed by atoms with Crippen LogP contribution in [-0.4, -0.2) is 10.8 Å². The Balaban J connectivity index is 2.29. The molecule has 1 aromatic heterocycles. The first-order valence-corrected chi connectivity index (χ1v) is 5.46. The van der Waals surface area contributed by atoms with E-state index >= 15 is 0 Å². The highest BCUT2D eigenvalue weighted by Crippen LogP contribution is 2.18. The molecule has 0 bridgehead atoms. The zero-order valence-corrected chi connectivity index (χ0v) is 9.48. The van der Waals surface area contributed by atoms with Crippen molar-refractivity contribution >= 4 is 5.78 Å². The number of carbonyl (C=O) groups is 1. The maximum absolute atomic E-state index is 12.7. The van der Waals surface area contributed by atoms with E-state index in [-0.39, 0.29) is 11.6 Å². The molecule has 0 unspecified atom stereocenters. The van der Waals surface area contributed by atoms with Gasteiger partial charge in [0.15, 0.2) is 5.78 Å². The highest BCUT2D eigenvalue weighted by molar-refractivity contribution is 5.96. The number of Topliss-reactive ketones (excluding diaryl/α,β-unsaturated/α-hetero) is 1. The van der Waals surface area contributed by atoms with Gasteiger partial charge in [0.2, 0.25) is 0 Å². The molecule has 0 saturated heterocycles. The van der Waals surface area contributed by atoms with Crippen molar-refractivity contribution in [2.75, 3.05) is 0 Å². The Morgan fingerprint density at radius 3 is 2.41 bits per heavy atom. The van der Waals surface area contributed by atoms with Crippen molar-refractivity contribution in [1.29, 1.82) is 0 Å². The van der Waals surface area contributed by atoms with Crippen molar-refractivity contribution in [3.8, 4) is 11.3 Å². The van der Waals surface area contributed by atoms with E-state index in [1.54, 1.807) is 18.2 Å². The number of ketones is 1. The maximum atomic E-state index is 12.7. The number of nitrogens with zero attached hydrogens (tertiary/aromatic N) is 1. The van der Waals surface area contributed by atoms with Crippen LogP contribution in [0.2, 0.25) is 0 Å². The second-order valence-corrected chi connectivity index (χ2v) is 3.72. The Bertz CT molecular complexity index is 517. The third kappa shape index (κ3) is 2.56. The van der Waals surface area contributed by atoms with E-state index in [4.69, 9.17) is 0 Å². The SMILES string of the molecule is CCC(=O)c1ccc(-c2ccc(F)cn2)cc1. The smallest absolute Gasteiger partial charge is 0.162 e. The summed E-state index contributed by atoms with van der Waals surface area (Å²) in [6.45, 7) is 1.83. The molecule has 0 amide bonds. The summed E-state index contributed by atoms with van der Waals surface area (Å²) in [5, 5.41) is 0. The van der Waals surface area contributed by atoms with Gasteiger partial charge in [-0.1, -0.05) is 31.2 Å². The standard InChI is InChI=1S/C14H12FNO/c1-2-14(17)11-5-3-10(4-6-11)13-8-7-12(15)9-16-13/h3-9H,2H2,1H3. The lowest BCUT2D eigenvalue weighted by Crippen LogP contribution is -1.95. The molecule has 2 nitrogen and oxygen atoms in total. The first kappa shape index (κ1) is 11.5. The zero-order valence-electron chi connectivity index (χ0n) is 9.48. The van der Waals surface area contributed by atoms with Crippen LogP contribution >= 0.6 is 0 Å². The van der Waals surface area contributed by atoms with Crippen molar-refractivity contribution < 1.29 is 9.18 Å². The van der Waals surface area contributed by atoms with Crippen LogP contribution in [0.1, 0.15) is 23.7 Å². The van der Waals surface area contributed by atoms with Crippen molar-refractivity contribution in [1.82, 2.24) is 4.98 Å². The number of halogens is 1. The van der Waals surface area contributed by atoms with Gasteiger partial charge in [-0.3, -0.25) is 9.78 Å². The summed E-state index contributed by atoms with van der Waals surface area (Å²) in [5.41, 5.74) is 2.26. The van der Waals surface area contributed by atoms with Gasteiger partial charge >= 0.3 is 0 Å². The summed E-state index contributed by atoms with van der Waals surface area (Å²) in [5.74, 6) is -0.241. The quantitative estimate of drug-likeness (QED) is 0.754. The fourth-order valence-corrected chi connectivity index (χ4v) is 1.58. The molecule has 2 rings (SSSR count). The average molecular weight is 229 g/mol. The van der Waals surface area contributed by atoms with Crippen molar-refractivity contribution in [3.63, 3.8) is 0 Å². The van der Waals surface area contributed by atoms with Gasteiger partial charge in [-0.05, 0) is 12.1 Å². The van der Waals surface area contributed by atoms with Crippen LogP contribution in [0.4, 0.5) is 4.39 Å². The van der Waals surface area contributed by atoms with Crippen molar-refractivity contribution in [2.45, 2.75) is 13.3 Å². The lowest BCUT2D eigenvalue weighted by atomic mass is 10.0. The summed E-state index contributed by atoms with van der Waals surface area (Å²) in [7, 11) is 0. The number of hydrogen-bond acceptors (Lipinski definition) is 2. The lowest BCUT2D eigenvalue weighted by molar-refractivity contribution is 0.0988. The van der Waals surface area contributed by atoms with Gasteiger partial charge in [-0.25, -0.2) is 4.39 Å². The second-order valence-electron chi connectivity index (χ2n) is 3.72. The molecule has 0 aliphatic rings. The van der Waals surface area contributed by atoms with Gasteiger partial charge in [-0.15, -0.1) is 0 Å². The molecule has 1 heterocycles. The number of carbonyl (C=O) groups excluding carboxylic acids is 1. The minimum atomic E-state index is -0.355. The summed E-state index contributed by atoms with van der Waals surface area (Å²) in [6.07, 6.45) is 1.68. The van der Waals surface area contributed by atoms with E-state index in [0.717, 1.165) is 5.56 Å². The fourth-order valence-electron chi connectivity index (χ4n) is 1.58. The van der Waals surface area contributed by atoms with Gasteiger partial charge in [0.05, 0.1) is 11.9 Å². The number of pyridine rings is 1. The summed E-state index contributed by atoms with van der Waals surface area (Å²) < 4.78 is 12.7. The van der Waals surface area contributed by atoms with Crippen LogP contribution in [0.25, 0.3) is 11.3 Å². The number of benzene rings is 1. The van der Waals surface area contributed by atoms with Crippen LogP contribution in [0.5, 0.6) is 0 Å². The van der Waals surface area contributed by atoms with E-state index in [9.17, 15) is 9.18 Å². The third-order valence-electron chi connectivity index (χ3n) is 2.55. The normalized spacial score (nSPS) is 10.2. The molecule has 0 N–H and O–H groups in total. The second kappa shape index (κ2) is 4.87. The Hall–Kier alpha value is -2.03. The largest absolute Gasteiger partial charge is 0.294 e. The van der Waals surface area contributed by atoms with Gasteiger partial charge < -0.3 is 0 Å². The molecular weight excluding hydrogens is 217 g/mol. The van der Waals surface area contributed by atoms with Crippen molar-refractivity contribution in [2.24, 2.45) is 0 Å². The van der Waals surface area contributed by atoms with Crippen LogP contribution in [0, 0.1) is 5.82 Å². The molecule has 1 aromatic carbocycles. The predicted octanol–water partition coefficient (Wildman–Crippen LogP) is 3.48. The molecule has 17 heavy (non-hydrogen) atoms. The van der Waals surface area contributed by atoms with E-state index in [1.165, 1.54) is 12.3 Å². The number of aromatic nitrogens is 1. The Labute approximate surface area is 99.1 Å². The molecule has 0 atom stereocenters. The maximum Gasteiger partial charge on any atom is 0.162 e. The van der Waals surface area contributed by atoms with E-state index in [1.807, 2.05) is 19.1 Å². The van der Waals surface area contributed by atoms with Gasteiger partial charge in [0, 0.05) is 17.5 Å². The van der Waals surface area contributed by atoms with Crippen LogP contribution in [0.3, 0.4) is 0 Å². The van der Waals surface area contributed by atoms with Crippen LogP contribution < -0.4 is 0 Å². The van der Waals surface area contributed by atoms with Gasteiger partial charge in [0.25, 0.3) is 0 Å². The van der Waals surface area contributed by atoms with Crippen LogP contribution in [-0.2, 0) is 0 Å². The minimum Gasteiger partial charge on any atom is -0.294 e. The lowest BCUT2D eigenvalue weighted by Gasteiger charge is -2.02. The molecule has 0 fully saturated rings. The van der Waals surface area contributed by atoms with E-state index in [2.05, 4.69) is 4.98 Å². The first-order chi connectivity index (χ1) is 8.20. The predicted molar refractivity (Wildman–Crippen MR) is 64.3 cm³/mol. The fraction of sp³-hybridized carbons (Fsp3) is 0.143. The minimum absolute atomic E-state index is 0.114.